The highest BCUT2D eigenvalue weighted by molar-refractivity contribution is 5.20. The maximum absolute atomic E-state index is 13.8. The Morgan fingerprint density at radius 3 is 2.53 bits per heavy atom. The van der Waals surface area contributed by atoms with Crippen LogP contribution in [-0.2, 0) is 0 Å². The molecule has 19 heavy (non-hydrogen) atoms. The van der Waals surface area contributed by atoms with Crippen LogP contribution in [0.25, 0.3) is 0 Å². The van der Waals surface area contributed by atoms with E-state index in [0.29, 0.717) is 0 Å². The van der Waals surface area contributed by atoms with Gasteiger partial charge in [-0.15, -0.1) is 0 Å². The van der Waals surface area contributed by atoms with E-state index in [1.54, 1.807) is 6.07 Å². The van der Waals surface area contributed by atoms with Gasteiger partial charge in [-0.05, 0) is 44.8 Å². The average Bonchev–Trinajstić information content (AvgIpc) is 2.87. The van der Waals surface area contributed by atoms with Gasteiger partial charge in [-0.1, -0.05) is 31.0 Å². The van der Waals surface area contributed by atoms with Crippen molar-refractivity contribution in [3.05, 3.63) is 35.6 Å². The first kappa shape index (κ1) is 14.5. The van der Waals surface area contributed by atoms with Gasteiger partial charge in [0.1, 0.15) is 5.82 Å². The monoisotopic (exact) mass is 264 g/mol. The minimum atomic E-state index is -0.116. The van der Waals surface area contributed by atoms with Crippen LogP contribution >= 0.6 is 0 Å². The van der Waals surface area contributed by atoms with E-state index in [1.807, 2.05) is 12.1 Å². The van der Waals surface area contributed by atoms with Crippen LogP contribution in [0.1, 0.15) is 44.2 Å². The smallest absolute Gasteiger partial charge is 0.127 e. The molecule has 1 aliphatic carbocycles. The summed E-state index contributed by atoms with van der Waals surface area (Å²) in [7, 11) is 2.08. The van der Waals surface area contributed by atoms with E-state index in [1.165, 1.54) is 31.7 Å². The molecule has 0 heterocycles. The average molecular weight is 264 g/mol. The first-order chi connectivity index (χ1) is 9.08. The zero-order valence-electron chi connectivity index (χ0n) is 12.0. The molecule has 1 aliphatic rings. The maximum atomic E-state index is 13.8. The fourth-order valence-electron chi connectivity index (χ4n) is 3.27. The lowest BCUT2D eigenvalue weighted by atomic mass is 9.85. The highest BCUT2D eigenvalue weighted by Gasteiger charge is 2.34. The van der Waals surface area contributed by atoms with Crippen molar-refractivity contribution < 1.29 is 4.39 Å². The number of benzene rings is 1. The molecular weight excluding hydrogens is 239 g/mol. The molecule has 0 amide bonds. The van der Waals surface area contributed by atoms with E-state index in [4.69, 9.17) is 5.73 Å². The highest BCUT2D eigenvalue weighted by Crippen LogP contribution is 2.39. The second-order valence-corrected chi connectivity index (χ2v) is 6.02. The van der Waals surface area contributed by atoms with Crippen molar-refractivity contribution in [3.8, 4) is 0 Å². The summed E-state index contributed by atoms with van der Waals surface area (Å²) in [5.41, 5.74) is 7.00. The summed E-state index contributed by atoms with van der Waals surface area (Å²) in [4.78, 5) is 2.25. The Kier molecular flexibility index (Phi) is 4.58. The van der Waals surface area contributed by atoms with Gasteiger partial charge in [0.2, 0.25) is 0 Å². The Morgan fingerprint density at radius 2 is 1.95 bits per heavy atom. The number of rotatable bonds is 5. The van der Waals surface area contributed by atoms with Crippen LogP contribution in [0.3, 0.4) is 0 Å². The van der Waals surface area contributed by atoms with Gasteiger partial charge < -0.3 is 5.73 Å². The van der Waals surface area contributed by atoms with Crippen LogP contribution in [-0.4, -0.2) is 25.0 Å². The van der Waals surface area contributed by atoms with E-state index >= 15 is 0 Å². The Labute approximate surface area is 115 Å². The SMILES string of the molecule is CC(c1ccccc1F)N(C)CC1(CN)CCCC1. The van der Waals surface area contributed by atoms with Crippen molar-refractivity contribution >= 4 is 0 Å². The number of hydrogen-bond acceptors (Lipinski definition) is 2. The second-order valence-electron chi connectivity index (χ2n) is 6.02. The van der Waals surface area contributed by atoms with Gasteiger partial charge in [-0.25, -0.2) is 4.39 Å². The number of hydrogen-bond donors (Lipinski definition) is 1. The van der Waals surface area contributed by atoms with Gasteiger partial charge in [0.05, 0.1) is 0 Å². The van der Waals surface area contributed by atoms with Gasteiger partial charge in [0.15, 0.2) is 0 Å². The van der Waals surface area contributed by atoms with Crippen LogP contribution in [0.2, 0.25) is 0 Å². The van der Waals surface area contributed by atoms with Crippen LogP contribution in [0.4, 0.5) is 4.39 Å². The molecule has 1 fully saturated rings. The molecule has 0 aliphatic heterocycles. The zero-order chi connectivity index (χ0) is 13.9. The summed E-state index contributed by atoms with van der Waals surface area (Å²) in [5, 5.41) is 0. The third-order valence-corrected chi connectivity index (χ3v) is 4.70. The molecule has 0 radical (unpaired) electrons. The molecule has 0 spiro atoms. The third kappa shape index (κ3) is 3.15. The highest BCUT2D eigenvalue weighted by atomic mass is 19.1. The fourth-order valence-corrected chi connectivity index (χ4v) is 3.27. The lowest BCUT2D eigenvalue weighted by Crippen LogP contribution is -2.40. The Balaban J connectivity index is 2.07. The van der Waals surface area contributed by atoms with E-state index in [0.717, 1.165) is 18.7 Å². The normalized spacial score (nSPS) is 19.8. The molecule has 2 rings (SSSR count). The summed E-state index contributed by atoms with van der Waals surface area (Å²) in [6.45, 7) is 3.76. The quantitative estimate of drug-likeness (QED) is 0.884. The lowest BCUT2D eigenvalue weighted by Gasteiger charge is -2.35. The minimum absolute atomic E-state index is 0.0882. The van der Waals surface area contributed by atoms with Gasteiger partial charge in [0, 0.05) is 18.2 Å². The molecule has 2 N–H and O–H groups in total. The molecule has 1 aromatic rings. The molecule has 0 saturated heterocycles. The predicted octanol–water partition coefficient (Wildman–Crippen LogP) is 3.34. The van der Waals surface area contributed by atoms with Crippen molar-refractivity contribution in [2.45, 2.75) is 38.6 Å². The molecule has 106 valence electrons. The Morgan fingerprint density at radius 1 is 1.32 bits per heavy atom. The standard InChI is InChI=1S/C16H25FN2/c1-13(14-7-3-4-8-15(14)17)19(2)12-16(11-18)9-5-6-10-16/h3-4,7-8,13H,5-6,9-12,18H2,1-2H3. The Hall–Kier alpha value is -0.930. The van der Waals surface area contributed by atoms with Crippen molar-refractivity contribution in [3.63, 3.8) is 0 Å². The Bertz CT molecular complexity index is 413. The van der Waals surface area contributed by atoms with Crippen molar-refractivity contribution in [2.24, 2.45) is 11.1 Å². The summed E-state index contributed by atoms with van der Waals surface area (Å²) in [6.07, 6.45) is 4.97. The summed E-state index contributed by atoms with van der Waals surface area (Å²) < 4.78 is 13.8. The molecule has 1 saturated carbocycles. The molecule has 3 heteroatoms. The van der Waals surface area contributed by atoms with Crippen molar-refractivity contribution in [1.82, 2.24) is 4.90 Å². The largest absolute Gasteiger partial charge is 0.330 e. The first-order valence-electron chi connectivity index (χ1n) is 7.23. The van der Waals surface area contributed by atoms with Crippen LogP contribution in [0.15, 0.2) is 24.3 Å². The molecule has 2 nitrogen and oxygen atoms in total. The number of halogens is 1. The fraction of sp³-hybridized carbons (Fsp3) is 0.625. The molecule has 0 aromatic heterocycles. The summed E-state index contributed by atoms with van der Waals surface area (Å²) in [5.74, 6) is -0.116. The van der Waals surface area contributed by atoms with Crippen LogP contribution < -0.4 is 5.73 Å². The molecule has 1 unspecified atom stereocenters. The molecule has 1 aromatic carbocycles. The number of nitrogens with zero attached hydrogens (tertiary/aromatic N) is 1. The maximum Gasteiger partial charge on any atom is 0.127 e. The van der Waals surface area contributed by atoms with E-state index < -0.39 is 0 Å². The number of nitrogens with two attached hydrogens (primary N) is 1. The molecule has 0 bridgehead atoms. The predicted molar refractivity (Wildman–Crippen MR) is 77.4 cm³/mol. The van der Waals surface area contributed by atoms with Crippen LogP contribution in [0, 0.1) is 11.2 Å². The van der Waals surface area contributed by atoms with E-state index in [9.17, 15) is 4.39 Å². The van der Waals surface area contributed by atoms with Gasteiger partial charge >= 0.3 is 0 Å². The summed E-state index contributed by atoms with van der Waals surface area (Å²) in [6, 6.07) is 7.14. The second kappa shape index (κ2) is 6.02. The van der Waals surface area contributed by atoms with Crippen molar-refractivity contribution in [1.29, 1.82) is 0 Å². The van der Waals surface area contributed by atoms with Gasteiger partial charge in [-0.3, -0.25) is 4.90 Å². The van der Waals surface area contributed by atoms with E-state index in [-0.39, 0.29) is 17.3 Å². The van der Waals surface area contributed by atoms with Crippen LogP contribution in [0.5, 0.6) is 0 Å². The van der Waals surface area contributed by atoms with E-state index in [2.05, 4.69) is 18.9 Å². The third-order valence-electron chi connectivity index (χ3n) is 4.70. The van der Waals surface area contributed by atoms with Crippen molar-refractivity contribution in [2.75, 3.05) is 20.1 Å². The molecular formula is C16H25FN2. The first-order valence-corrected chi connectivity index (χ1v) is 7.23. The van der Waals surface area contributed by atoms with Gasteiger partial charge in [-0.2, -0.15) is 0 Å². The summed E-state index contributed by atoms with van der Waals surface area (Å²) >= 11 is 0. The lowest BCUT2D eigenvalue weighted by molar-refractivity contribution is 0.148. The topological polar surface area (TPSA) is 29.3 Å². The molecule has 1 atom stereocenters. The zero-order valence-corrected chi connectivity index (χ0v) is 12.0. The minimum Gasteiger partial charge on any atom is -0.330 e. The van der Waals surface area contributed by atoms with Gasteiger partial charge in [0.25, 0.3) is 0 Å².